The van der Waals surface area contributed by atoms with Gasteiger partial charge in [-0.05, 0) is 24.0 Å². The largest absolute Gasteiger partial charge is 0.380 e. The van der Waals surface area contributed by atoms with Gasteiger partial charge in [0.1, 0.15) is 0 Å². The summed E-state index contributed by atoms with van der Waals surface area (Å²) in [6.07, 6.45) is 2.21. The van der Waals surface area contributed by atoms with Crippen molar-refractivity contribution in [2.45, 2.75) is 44.5 Å². The Kier molecular flexibility index (Phi) is 4.03. The highest BCUT2D eigenvalue weighted by atomic mass is 16.5. The highest BCUT2D eigenvalue weighted by Crippen LogP contribution is 2.31. The second kappa shape index (κ2) is 5.95. The number of hydrogen-bond donors (Lipinski definition) is 1. The summed E-state index contributed by atoms with van der Waals surface area (Å²) in [5, 5.41) is 3.21. The first kappa shape index (κ1) is 14.2. The van der Waals surface area contributed by atoms with Crippen LogP contribution in [0.2, 0.25) is 0 Å². The Morgan fingerprint density at radius 1 is 1.29 bits per heavy atom. The van der Waals surface area contributed by atoms with Gasteiger partial charge in [-0.3, -0.25) is 14.5 Å². The molecule has 1 atom stereocenters. The molecule has 21 heavy (non-hydrogen) atoms. The average molecular weight is 288 g/mol. The third-order valence-electron chi connectivity index (χ3n) is 3.95. The topological polar surface area (TPSA) is 58.6 Å². The monoisotopic (exact) mass is 288 g/mol. The number of carbonyl (C=O) groups is 2. The molecule has 2 amide bonds. The van der Waals surface area contributed by atoms with E-state index in [2.05, 4.69) is 11.4 Å². The van der Waals surface area contributed by atoms with Crippen molar-refractivity contribution in [3.63, 3.8) is 0 Å². The fourth-order valence-electron chi connectivity index (χ4n) is 2.76. The molecule has 0 spiro atoms. The third-order valence-corrected chi connectivity index (χ3v) is 3.95. The number of imide groups is 1. The minimum Gasteiger partial charge on any atom is -0.380 e. The predicted octanol–water partition coefficient (Wildman–Crippen LogP) is 1.21. The van der Waals surface area contributed by atoms with E-state index >= 15 is 0 Å². The smallest absolute Gasteiger partial charge is 0.247 e. The summed E-state index contributed by atoms with van der Waals surface area (Å²) < 4.78 is 5.11. The molecule has 112 valence electrons. The molecule has 0 aromatic heterocycles. The minimum atomic E-state index is -0.371. The lowest BCUT2D eigenvalue weighted by molar-refractivity contribution is -0.139. The van der Waals surface area contributed by atoms with Gasteiger partial charge in [-0.2, -0.15) is 0 Å². The van der Waals surface area contributed by atoms with E-state index in [-0.39, 0.29) is 30.3 Å². The summed E-state index contributed by atoms with van der Waals surface area (Å²) in [7, 11) is 1.67. The van der Waals surface area contributed by atoms with E-state index in [1.165, 1.54) is 4.90 Å². The van der Waals surface area contributed by atoms with Gasteiger partial charge in [-0.25, -0.2) is 0 Å². The van der Waals surface area contributed by atoms with Crippen LogP contribution in [0.1, 0.15) is 30.4 Å². The van der Waals surface area contributed by atoms with Crippen LogP contribution in [-0.2, 0) is 27.5 Å². The summed E-state index contributed by atoms with van der Waals surface area (Å²) in [5.41, 5.74) is 2.19. The van der Waals surface area contributed by atoms with Crippen LogP contribution in [0.4, 0.5) is 0 Å². The van der Waals surface area contributed by atoms with E-state index in [1.54, 1.807) is 7.11 Å². The van der Waals surface area contributed by atoms with Crippen LogP contribution in [0, 0.1) is 0 Å². The number of hydrogen-bond acceptors (Lipinski definition) is 4. The Balaban J connectivity index is 1.59. The zero-order valence-electron chi connectivity index (χ0n) is 12.2. The maximum atomic E-state index is 12.2. The highest BCUT2D eigenvalue weighted by Gasteiger charge is 2.45. The van der Waals surface area contributed by atoms with Crippen molar-refractivity contribution in [1.29, 1.82) is 0 Å². The van der Waals surface area contributed by atoms with Gasteiger partial charge in [0, 0.05) is 19.7 Å². The molecule has 1 aromatic carbocycles. The molecular weight excluding hydrogens is 268 g/mol. The van der Waals surface area contributed by atoms with E-state index in [1.807, 2.05) is 18.2 Å². The van der Waals surface area contributed by atoms with Gasteiger partial charge in [0.05, 0.1) is 19.1 Å². The molecule has 5 heteroatoms. The summed E-state index contributed by atoms with van der Waals surface area (Å²) in [5.74, 6) is -0.0938. The van der Waals surface area contributed by atoms with Crippen molar-refractivity contribution in [2.75, 3.05) is 7.11 Å². The van der Waals surface area contributed by atoms with Gasteiger partial charge in [0.25, 0.3) is 0 Å². The molecule has 0 bridgehead atoms. The number of nitrogens with one attached hydrogen (secondary N) is 1. The number of methoxy groups -OCH3 is 1. The number of amides is 2. The van der Waals surface area contributed by atoms with E-state index in [0.717, 1.165) is 24.0 Å². The number of benzene rings is 1. The van der Waals surface area contributed by atoms with Crippen molar-refractivity contribution in [1.82, 2.24) is 10.2 Å². The molecule has 2 fully saturated rings. The minimum absolute atomic E-state index is 0.0341. The zero-order chi connectivity index (χ0) is 14.8. The van der Waals surface area contributed by atoms with Crippen LogP contribution < -0.4 is 5.32 Å². The first-order valence-corrected chi connectivity index (χ1v) is 7.35. The molecule has 1 saturated carbocycles. The quantitative estimate of drug-likeness (QED) is 0.800. The molecule has 3 rings (SSSR count). The van der Waals surface area contributed by atoms with Crippen molar-refractivity contribution in [2.24, 2.45) is 0 Å². The van der Waals surface area contributed by atoms with Gasteiger partial charge in [0.15, 0.2) is 0 Å². The molecular formula is C16H20N2O3. The summed E-state index contributed by atoms with van der Waals surface area (Å²) in [4.78, 5) is 25.5. The van der Waals surface area contributed by atoms with Crippen molar-refractivity contribution < 1.29 is 14.3 Å². The number of nitrogens with zero attached hydrogens (tertiary/aromatic N) is 1. The molecule has 1 heterocycles. The number of carbonyl (C=O) groups excluding carboxylic acids is 2. The Labute approximate surface area is 124 Å². The second-order valence-electron chi connectivity index (χ2n) is 5.72. The summed E-state index contributed by atoms with van der Waals surface area (Å²) >= 11 is 0. The van der Waals surface area contributed by atoms with Crippen LogP contribution >= 0.6 is 0 Å². The average Bonchev–Trinajstić information content (AvgIpc) is 3.25. The third kappa shape index (κ3) is 3.14. The molecule has 1 aliphatic heterocycles. The van der Waals surface area contributed by atoms with Gasteiger partial charge < -0.3 is 10.1 Å². The van der Waals surface area contributed by atoms with E-state index in [0.29, 0.717) is 13.2 Å². The lowest BCUT2D eigenvalue weighted by Gasteiger charge is -2.14. The molecule has 1 saturated heterocycles. The number of ether oxygens (including phenoxy) is 1. The fourth-order valence-corrected chi connectivity index (χ4v) is 2.76. The number of likely N-dealkylation sites (tertiary alicyclic amines) is 1. The maximum Gasteiger partial charge on any atom is 0.247 e. The molecule has 2 aliphatic rings. The van der Waals surface area contributed by atoms with Gasteiger partial charge in [-0.1, -0.05) is 24.3 Å². The normalized spacial score (nSPS) is 22.1. The molecule has 0 radical (unpaired) electrons. The SMILES string of the molecule is COCc1cccc(CNC2CC(=O)N(C3CC3)C2=O)c1. The Bertz CT molecular complexity index is 554. The molecule has 1 unspecified atom stereocenters. The van der Waals surface area contributed by atoms with Crippen molar-refractivity contribution in [3.8, 4) is 0 Å². The fraction of sp³-hybridized carbons (Fsp3) is 0.500. The summed E-state index contributed by atoms with van der Waals surface area (Å²) in [6.45, 7) is 1.16. The zero-order valence-corrected chi connectivity index (χ0v) is 12.2. The van der Waals surface area contributed by atoms with Crippen molar-refractivity contribution in [3.05, 3.63) is 35.4 Å². The molecule has 1 aliphatic carbocycles. The Morgan fingerprint density at radius 3 is 2.76 bits per heavy atom. The standard InChI is InChI=1S/C16H20N2O3/c1-21-10-12-4-2-3-11(7-12)9-17-14-8-15(19)18(16(14)20)13-5-6-13/h2-4,7,13-14,17H,5-6,8-10H2,1H3. The van der Waals surface area contributed by atoms with Gasteiger partial charge >= 0.3 is 0 Å². The van der Waals surface area contributed by atoms with Crippen LogP contribution in [0.3, 0.4) is 0 Å². The molecule has 5 nitrogen and oxygen atoms in total. The van der Waals surface area contributed by atoms with Crippen LogP contribution in [0.25, 0.3) is 0 Å². The Hall–Kier alpha value is -1.72. The first-order chi connectivity index (χ1) is 10.2. The lowest BCUT2D eigenvalue weighted by Crippen LogP contribution is -2.39. The van der Waals surface area contributed by atoms with Crippen LogP contribution in [0.5, 0.6) is 0 Å². The van der Waals surface area contributed by atoms with Crippen LogP contribution in [0.15, 0.2) is 24.3 Å². The van der Waals surface area contributed by atoms with Gasteiger partial charge in [0.2, 0.25) is 11.8 Å². The second-order valence-corrected chi connectivity index (χ2v) is 5.72. The first-order valence-electron chi connectivity index (χ1n) is 7.35. The Morgan fingerprint density at radius 2 is 2.05 bits per heavy atom. The van der Waals surface area contributed by atoms with Gasteiger partial charge in [-0.15, -0.1) is 0 Å². The highest BCUT2D eigenvalue weighted by molar-refractivity contribution is 6.06. The lowest BCUT2D eigenvalue weighted by atomic mass is 10.1. The van der Waals surface area contributed by atoms with Crippen molar-refractivity contribution >= 4 is 11.8 Å². The van der Waals surface area contributed by atoms with E-state index in [9.17, 15) is 9.59 Å². The molecule has 1 aromatic rings. The molecule has 1 N–H and O–H groups in total. The van der Waals surface area contributed by atoms with Crippen LogP contribution in [-0.4, -0.2) is 35.9 Å². The maximum absolute atomic E-state index is 12.2. The van der Waals surface area contributed by atoms with E-state index < -0.39 is 0 Å². The number of rotatable bonds is 6. The van der Waals surface area contributed by atoms with E-state index in [4.69, 9.17) is 4.74 Å². The predicted molar refractivity (Wildman–Crippen MR) is 77.3 cm³/mol. The summed E-state index contributed by atoms with van der Waals surface area (Å²) in [6, 6.07) is 7.84.